The molecule has 0 saturated heterocycles. The summed E-state index contributed by atoms with van der Waals surface area (Å²) in [4.78, 5) is 30.5. The van der Waals surface area contributed by atoms with E-state index in [1.54, 1.807) is 7.11 Å². The van der Waals surface area contributed by atoms with Crippen LogP contribution in [0, 0.1) is 14.4 Å². The van der Waals surface area contributed by atoms with Gasteiger partial charge in [-0.25, -0.2) is 0 Å². The topological polar surface area (TPSA) is 55.8 Å². The molecule has 0 aromatic heterocycles. The standard InChI is InChI=1S/C38H42INO4/c1-7-15-40-28-18-37(2,3)20-30(41)34(28)33(35-29(40)19-38(4,5)21-31(35)42)25-16-27(39)36(32(17-25)43-6)44-22-24-13-10-12-23-11-8-9-14-26(23)24/h8-14,16-17,33H,7,15,18-22H2,1-6H3. The Morgan fingerprint density at radius 1 is 0.864 bits per heavy atom. The fourth-order valence-electron chi connectivity index (χ4n) is 7.49. The molecule has 0 saturated carbocycles. The Morgan fingerprint density at radius 2 is 1.48 bits per heavy atom. The molecule has 3 aliphatic rings. The Morgan fingerprint density at radius 3 is 2.09 bits per heavy atom. The molecule has 0 atom stereocenters. The van der Waals surface area contributed by atoms with Crippen molar-refractivity contribution in [2.24, 2.45) is 10.8 Å². The number of ketones is 2. The summed E-state index contributed by atoms with van der Waals surface area (Å²) in [6.07, 6.45) is 3.53. The summed E-state index contributed by atoms with van der Waals surface area (Å²) in [6, 6.07) is 18.7. The number of Topliss-reactive ketones (excluding diaryl/α,β-unsaturated/α-hetero) is 2. The van der Waals surface area contributed by atoms with E-state index in [0.717, 1.165) is 68.4 Å². The van der Waals surface area contributed by atoms with E-state index in [0.29, 0.717) is 30.9 Å². The smallest absolute Gasteiger partial charge is 0.174 e. The molecule has 0 fully saturated rings. The van der Waals surface area contributed by atoms with Gasteiger partial charge in [0.05, 0.1) is 10.7 Å². The highest BCUT2D eigenvalue weighted by molar-refractivity contribution is 14.1. The van der Waals surface area contributed by atoms with E-state index in [-0.39, 0.29) is 22.4 Å². The van der Waals surface area contributed by atoms with Gasteiger partial charge in [0, 0.05) is 47.8 Å². The second-order valence-corrected chi connectivity index (χ2v) is 15.3. The first-order valence-corrected chi connectivity index (χ1v) is 16.8. The molecule has 6 rings (SSSR count). The van der Waals surface area contributed by atoms with Crippen molar-refractivity contribution in [3.8, 4) is 11.5 Å². The lowest BCUT2D eigenvalue weighted by Crippen LogP contribution is -2.44. The molecule has 3 aromatic rings. The molecule has 3 aromatic carbocycles. The Bertz CT molecular complexity index is 1670. The first-order valence-electron chi connectivity index (χ1n) is 15.7. The first kappa shape index (κ1) is 30.9. The van der Waals surface area contributed by atoms with E-state index in [9.17, 15) is 9.59 Å². The van der Waals surface area contributed by atoms with Gasteiger partial charge in [-0.05, 0) is 86.7 Å². The third kappa shape index (κ3) is 5.59. The van der Waals surface area contributed by atoms with Gasteiger partial charge in [0.1, 0.15) is 6.61 Å². The fourth-order valence-corrected chi connectivity index (χ4v) is 8.27. The predicted octanol–water partition coefficient (Wildman–Crippen LogP) is 9.13. The highest BCUT2D eigenvalue weighted by Gasteiger charge is 2.49. The van der Waals surface area contributed by atoms with Crippen LogP contribution < -0.4 is 9.47 Å². The summed E-state index contributed by atoms with van der Waals surface area (Å²) in [5, 5.41) is 2.34. The maximum atomic E-state index is 14.1. The number of ether oxygens (including phenoxy) is 2. The van der Waals surface area contributed by atoms with E-state index in [1.807, 2.05) is 18.2 Å². The third-order valence-electron chi connectivity index (χ3n) is 9.31. The van der Waals surface area contributed by atoms with Crippen LogP contribution in [0.4, 0.5) is 0 Å². The number of halogens is 1. The summed E-state index contributed by atoms with van der Waals surface area (Å²) in [6.45, 7) is 12.1. The quantitative estimate of drug-likeness (QED) is 0.230. The molecule has 0 radical (unpaired) electrons. The van der Waals surface area contributed by atoms with Crippen molar-refractivity contribution >= 4 is 44.9 Å². The molecular formula is C38H42INO4. The summed E-state index contributed by atoms with van der Waals surface area (Å²) < 4.78 is 13.3. The van der Waals surface area contributed by atoms with Crippen molar-refractivity contribution in [3.05, 3.63) is 91.8 Å². The molecule has 0 N–H and O–H groups in total. The zero-order valence-electron chi connectivity index (χ0n) is 26.7. The number of methoxy groups -OCH3 is 1. The monoisotopic (exact) mass is 703 g/mol. The lowest BCUT2D eigenvalue weighted by molar-refractivity contribution is -0.119. The molecule has 230 valence electrons. The number of hydrogen-bond donors (Lipinski definition) is 0. The zero-order chi connectivity index (χ0) is 31.4. The molecule has 5 nitrogen and oxygen atoms in total. The Hall–Kier alpha value is -3.13. The summed E-state index contributed by atoms with van der Waals surface area (Å²) >= 11 is 2.31. The Balaban J connectivity index is 1.47. The zero-order valence-corrected chi connectivity index (χ0v) is 28.8. The van der Waals surface area contributed by atoms with Crippen molar-refractivity contribution < 1.29 is 19.1 Å². The van der Waals surface area contributed by atoms with Crippen molar-refractivity contribution in [2.45, 2.75) is 79.2 Å². The van der Waals surface area contributed by atoms with Gasteiger partial charge in [-0.15, -0.1) is 0 Å². The van der Waals surface area contributed by atoms with Crippen molar-refractivity contribution in [3.63, 3.8) is 0 Å². The van der Waals surface area contributed by atoms with Gasteiger partial charge in [0.25, 0.3) is 0 Å². The third-order valence-corrected chi connectivity index (χ3v) is 10.1. The summed E-state index contributed by atoms with van der Waals surface area (Å²) in [7, 11) is 1.65. The number of fused-ring (bicyclic) bond motifs is 1. The molecule has 0 spiro atoms. The fraction of sp³-hybridized carbons (Fsp3) is 0.421. The molecule has 1 heterocycles. The van der Waals surface area contributed by atoms with Gasteiger partial charge in [-0.1, -0.05) is 77.1 Å². The molecule has 0 bridgehead atoms. The van der Waals surface area contributed by atoms with Gasteiger partial charge in [-0.3, -0.25) is 9.59 Å². The van der Waals surface area contributed by atoms with Crippen LogP contribution in [0.3, 0.4) is 0 Å². The first-order chi connectivity index (χ1) is 20.9. The molecule has 0 amide bonds. The summed E-state index contributed by atoms with van der Waals surface area (Å²) in [5.74, 6) is 1.17. The average Bonchev–Trinajstić information content (AvgIpc) is 2.95. The van der Waals surface area contributed by atoms with E-state index in [1.165, 1.54) is 5.39 Å². The molecular weight excluding hydrogens is 661 g/mol. The van der Waals surface area contributed by atoms with Crippen molar-refractivity contribution in [1.29, 1.82) is 0 Å². The number of carbonyl (C=O) groups is 2. The highest BCUT2D eigenvalue weighted by atomic mass is 127. The second kappa shape index (κ2) is 11.7. The molecule has 0 unspecified atom stereocenters. The van der Waals surface area contributed by atoms with E-state index >= 15 is 0 Å². The maximum absolute atomic E-state index is 14.1. The largest absolute Gasteiger partial charge is 0.493 e. The van der Waals surface area contributed by atoms with Crippen molar-refractivity contribution in [1.82, 2.24) is 4.90 Å². The number of carbonyl (C=O) groups excluding carboxylic acids is 2. The van der Waals surface area contributed by atoms with Gasteiger partial charge < -0.3 is 14.4 Å². The SMILES string of the molecule is CCCN1C2=C(C(=O)CC(C)(C)C2)C(c2cc(I)c(OCc3cccc4ccccc34)c(OC)c2)C2=C1CC(C)(C)CC2=O. The molecule has 1 aliphatic heterocycles. The van der Waals surface area contributed by atoms with Crippen LogP contribution in [-0.4, -0.2) is 30.1 Å². The van der Waals surface area contributed by atoms with Crippen LogP contribution in [0.15, 0.2) is 77.1 Å². The van der Waals surface area contributed by atoms with Gasteiger partial charge in [0.2, 0.25) is 0 Å². The number of hydrogen-bond acceptors (Lipinski definition) is 5. The number of allylic oxidation sites excluding steroid dienone is 4. The minimum atomic E-state index is -0.408. The van der Waals surface area contributed by atoms with Gasteiger partial charge in [0.15, 0.2) is 23.1 Å². The van der Waals surface area contributed by atoms with E-state index in [4.69, 9.17) is 9.47 Å². The molecule has 2 aliphatic carbocycles. The molecule has 6 heteroatoms. The number of rotatable bonds is 7. The average molecular weight is 704 g/mol. The number of nitrogens with zero attached hydrogens (tertiary/aromatic N) is 1. The van der Waals surface area contributed by atoms with Gasteiger partial charge >= 0.3 is 0 Å². The van der Waals surface area contributed by atoms with E-state index in [2.05, 4.69) is 98.5 Å². The summed E-state index contributed by atoms with van der Waals surface area (Å²) in [5.41, 5.74) is 5.55. The predicted molar refractivity (Wildman–Crippen MR) is 184 cm³/mol. The Labute approximate surface area is 274 Å². The van der Waals surface area contributed by atoms with Crippen LogP contribution in [0.5, 0.6) is 11.5 Å². The highest BCUT2D eigenvalue weighted by Crippen LogP contribution is 2.55. The second-order valence-electron chi connectivity index (χ2n) is 14.1. The molecule has 44 heavy (non-hydrogen) atoms. The van der Waals surface area contributed by atoms with E-state index < -0.39 is 5.92 Å². The normalized spacial score (nSPS) is 19.8. The van der Waals surface area contributed by atoms with Crippen LogP contribution in [-0.2, 0) is 16.2 Å². The van der Waals surface area contributed by atoms with Crippen molar-refractivity contribution in [2.75, 3.05) is 13.7 Å². The minimum Gasteiger partial charge on any atom is -0.493 e. The lowest BCUT2D eigenvalue weighted by atomic mass is 9.63. The van der Waals surface area contributed by atoms with Crippen LogP contribution in [0.25, 0.3) is 10.8 Å². The lowest BCUT2D eigenvalue weighted by Gasteiger charge is -2.49. The van der Waals surface area contributed by atoms with Crippen LogP contribution in [0.2, 0.25) is 0 Å². The number of benzene rings is 3. The van der Waals surface area contributed by atoms with Crippen LogP contribution >= 0.6 is 22.6 Å². The van der Waals surface area contributed by atoms with Gasteiger partial charge in [-0.2, -0.15) is 0 Å². The van der Waals surface area contributed by atoms with Crippen LogP contribution in [0.1, 0.15) is 83.8 Å². The minimum absolute atomic E-state index is 0.135. The maximum Gasteiger partial charge on any atom is 0.174 e. The Kier molecular flexibility index (Phi) is 8.18.